The van der Waals surface area contributed by atoms with Gasteiger partial charge in [0.25, 0.3) is 0 Å². The number of aromatic hydroxyl groups is 5. The van der Waals surface area contributed by atoms with Crippen LogP contribution in [-0.2, 0) is 19.3 Å². The van der Waals surface area contributed by atoms with Crippen molar-refractivity contribution in [2.75, 3.05) is 0 Å². The number of phenols is 5. The summed E-state index contributed by atoms with van der Waals surface area (Å²) in [6, 6.07) is 3.46. The van der Waals surface area contributed by atoms with Gasteiger partial charge in [0.1, 0.15) is 34.7 Å². The van der Waals surface area contributed by atoms with Gasteiger partial charge in [0.2, 0.25) is 17.5 Å². The molecule has 1 aliphatic heterocycles. The van der Waals surface area contributed by atoms with Gasteiger partial charge in [-0.3, -0.25) is 9.35 Å². The van der Waals surface area contributed by atoms with E-state index in [-0.39, 0.29) is 5.56 Å². The average molecular weight is 544 g/mol. The van der Waals surface area contributed by atoms with Gasteiger partial charge < -0.3 is 49.6 Å². The molecule has 37 heavy (non-hydrogen) atoms. The summed E-state index contributed by atoms with van der Waals surface area (Å²) in [6.45, 7) is 1.27. The maximum atomic E-state index is 13.4. The molecule has 0 unspecified atom stereocenters. The highest BCUT2D eigenvalue weighted by Crippen LogP contribution is 2.43. The summed E-state index contributed by atoms with van der Waals surface area (Å²) < 4.78 is 52.7. The van der Waals surface area contributed by atoms with Crippen LogP contribution in [0, 0.1) is 0 Å². The van der Waals surface area contributed by atoms with Crippen molar-refractivity contribution in [2.45, 2.75) is 37.6 Å². The zero-order chi connectivity index (χ0) is 27.4. The van der Waals surface area contributed by atoms with E-state index in [0.717, 1.165) is 24.3 Å². The van der Waals surface area contributed by atoms with Crippen LogP contribution in [0.15, 0.2) is 33.5 Å². The van der Waals surface area contributed by atoms with E-state index in [1.54, 1.807) is 0 Å². The zero-order valence-corrected chi connectivity index (χ0v) is 19.4. The van der Waals surface area contributed by atoms with Gasteiger partial charge in [-0.05, 0) is 19.1 Å². The molecule has 1 aliphatic rings. The SMILES string of the molecule is C[C@@H]1O[C@@H](Oc2c(-c3cc(O)c(O)c(O)c3)oc3cc(O)cc(O)c3c2=O)[C@H](OS(=O)(=O)O)[C@H](O)[C@H]1O. The monoisotopic (exact) mass is 544 g/mol. The Bertz CT molecular complexity index is 1510. The number of hydrogen-bond acceptors (Lipinski definition) is 14. The molecule has 0 bridgehead atoms. The van der Waals surface area contributed by atoms with Crippen LogP contribution in [-0.4, -0.2) is 79.4 Å². The number of rotatable bonds is 5. The zero-order valence-electron chi connectivity index (χ0n) is 18.5. The van der Waals surface area contributed by atoms with Crippen molar-refractivity contribution in [1.82, 2.24) is 0 Å². The molecule has 1 fully saturated rings. The fraction of sp³-hybridized carbons (Fsp3) is 0.286. The smallest absolute Gasteiger partial charge is 0.397 e. The van der Waals surface area contributed by atoms with Crippen molar-refractivity contribution in [2.24, 2.45) is 0 Å². The average Bonchev–Trinajstić information content (AvgIpc) is 2.78. The molecule has 15 nitrogen and oxygen atoms in total. The van der Waals surface area contributed by atoms with E-state index in [2.05, 4.69) is 4.18 Å². The Labute approximate surface area is 206 Å². The van der Waals surface area contributed by atoms with Crippen LogP contribution < -0.4 is 10.2 Å². The molecule has 0 aliphatic carbocycles. The summed E-state index contributed by atoms with van der Waals surface area (Å²) >= 11 is 0. The lowest BCUT2D eigenvalue weighted by Gasteiger charge is -2.40. The number of aliphatic hydroxyl groups is 2. The molecule has 0 amide bonds. The Balaban J connectivity index is 1.96. The minimum Gasteiger partial charge on any atom is -0.508 e. The Morgan fingerprint density at radius 1 is 0.919 bits per heavy atom. The van der Waals surface area contributed by atoms with Gasteiger partial charge >= 0.3 is 10.4 Å². The van der Waals surface area contributed by atoms with Gasteiger partial charge in [0.05, 0.1) is 6.10 Å². The Hall–Kier alpha value is -3.80. The maximum Gasteiger partial charge on any atom is 0.397 e. The summed E-state index contributed by atoms with van der Waals surface area (Å²) in [7, 11) is -5.25. The number of aliphatic hydroxyl groups excluding tert-OH is 2. The van der Waals surface area contributed by atoms with Crippen molar-refractivity contribution in [1.29, 1.82) is 0 Å². The Morgan fingerprint density at radius 2 is 1.54 bits per heavy atom. The van der Waals surface area contributed by atoms with Crippen molar-refractivity contribution in [3.63, 3.8) is 0 Å². The topological polar surface area (TPSA) is 254 Å². The first-order valence-electron chi connectivity index (χ1n) is 10.3. The van der Waals surface area contributed by atoms with Crippen molar-refractivity contribution < 1.29 is 66.8 Å². The number of ether oxygens (including phenoxy) is 2. The Kier molecular flexibility index (Phi) is 6.57. The van der Waals surface area contributed by atoms with E-state index in [1.807, 2.05) is 0 Å². The van der Waals surface area contributed by atoms with Crippen molar-refractivity contribution in [3.05, 3.63) is 34.5 Å². The molecule has 3 aromatic rings. The number of fused-ring (bicyclic) bond motifs is 1. The molecule has 1 saturated heterocycles. The number of phenolic OH excluding ortho intramolecular Hbond substituents is 5. The highest BCUT2D eigenvalue weighted by atomic mass is 32.3. The van der Waals surface area contributed by atoms with Crippen LogP contribution in [0.25, 0.3) is 22.3 Å². The van der Waals surface area contributed by atoms with Gasteiger partial charge in [0.15, 0.2) is 29.1 Å². The molecule has 4 rings (SSSR count). The molecule has 2 aromatic carbocycles. The standard InChI is InChI=1S/C21H20O15S/c1-6-14(26)17(29)20(36-37(30,31)32)21(33-6)35-19-16(28)13-9(23)4-8(22)5-12(13)34-18(19)7-2-10(24)15(27)11(25)3-7/h2-6,14,17,20-27,29H,1H3,(H,30,31,32)/t6-,14-,17+,20+,21-/m0/s1. The third-order valence-electron chi connectivity index (χ3n) is 5.50. The van der Waals surface area contributed by atoms with Crippen molar-refractivity contribution in [3.8, 4) is 45.8 Å². The second-order valence-corrected chi connectivity index (χ2v) is 9.14. The molecule has 0 radical (unpaired) electrons. The van der Waals surface area contributed by atoms with Crippen LogP contribution in [0.5, 0.6) is 34.5 Å². The first kappa shape index (κ1) is 26.3. The lowest BCUT2D eigenvalue weighted by Crippen LogP contribution is -2.59. The Morgan fingerprint density at radius 3 is 2.14 bits per heavy atom. The van der Waals surface area contributed by atoms with E-state index < -0.39 is 97.8 Å². The first-order valence-corrected chi connectivity index (χ1v) is 11.7. The van der Waals surface area contributed by atoms with Gasteiger partial charge in [-0.25, -0.2) is 4.18 Å². The van der Waals surface area contributed by atoms with E-state index in [9.17, 15) is 49.0 Å². The van der Waals surface area contributed by atoms with Crippen LogP contribution in [0.4, 0.5) is 0 Å². The van der Waals surface area contributed by atoms with Gasteiger partial charge in [-0.15, -0.1) is 0 Å². The molecule has 200 valence electrons. The van der Waals surface area contributed by atoms with Crippen LogP contribution in [0.3, 0.4) is 0 Å². The molecule has 8 N–H and O–H groups in total. The van der Waals surface area contributed by atoms with Gasteiger partial charge in [0, 0.05) is 17.7 Å². The molecule has 5 atom stereocenters. The molecular weight excluding hydrogens is 524 g/mol. The highest BCUT2D eigenvalue weighted by molar-refractivity contribution is 7.80. The fourth-order valence-corrected chi connectivity index (χ4v) is 4.24. The van der Waals surface area contributed by atoms with Crippen LogP contribution in [0.2, 0.25) is 0 Å². The van der Waals surface area contributed by atoms with E-state index in [1.165, 1.54) is 6.92 Å². The second kappa shape index (κ2) is 9.25. The van der Waals surface area contributed by atoms with Crippen molar-refractivity contribution >= 4 is 21.4 Å². The molecule has 0 spiro atoms. The summed E-state index contributed by atoms with van der Waals surface area (Å²) in [5.41, 5.74) is -1.82. The minimum absolute atomic E-state index is 0.290. The summed E-state index contributed by atoms with van der Waals surface area (Å²) in [5, 5.41) is 69.5. The largest absolute Gasteiger partial charge is 0.508 e. The molecule has 2 heterocycles. The predicted octanol–water partition coefficient (Wildman–Crippen LogP) is 0.0214. The lowest BCUT2D eigenvalue weighted by molar-refractivity contribution is -0.262. The molecular formula is C21H20O15S. The second-order valence-electron chi connectivity index (χ2n) is 8.09. The third kappa shape index (κ3) is 4.93. The highest BCUT2D eigenvalue weighted by Gasteiger charge is 2.47. The van der Waals surface area contributed by atoms with Gasteiger partial charge in [-0.2, -0.15) is 8.42 Å². The van der Waals surface area contributed by atoms with Crippen LogP contribution >= 0.6 is 0 Å². The minimum atomic E-state index is -5.25. The summed E-state index contributed by atoms with van der Waals surface area (Å²) in [6.07, 6.45) is -9.08. The predicted molar refractivity (Wildman–Crippen MR) is 120 cm³/mol. The molecule has 0 saturated carbocycles. The molecule has 1 aromatic heterocycles. The lowest BCUT2D eigenvalue weighted by atomic mass is 10.00. The number of hydrogen-bond donors (Lipinski definition) is 8. The summed E-state index contributed by atoms with van der Waals surface area (Å²) in [5.74, 6) is -5.30. The first-order chi connectivity index (χ1) is 17.2. The number of benzene rings is 2. The third-order valence-corrected chi connectivity index (χ3v) is 5.97. The molecule has 16 heteroatoms. The quantitative estimate of drug-likeness (QED) is 0.156. The van der Waals surface area contributed by atoms with E-state index >= 15 is 0 Å². The van der Waals surface area contributed by atoms with Gasteiger partial charge in [-0.1, -0.05) is 0 Å². The van der Waals surface area contributed by atoms with Crippen LogP contribution in [0.1, 0.15) is 6.92 Å². The maximum absolute atomic E-state index is 13.4. The van der Waals surface area contributed by atoms with E-state index in [0.29, 0.717) is 0 Å². The fourth-order valence-electron chi connectivity index (χ4n) is 3.76. The summed E-state index contributed by atoms with van der Waals surface area (Å²) in [4.78, 5) is 13.4. The van der Waals surface area contributed by atoms with E-state index in [4.69, 9.17) is 18.4 Å². The normalized spacial score (nSPS) is 24.3.